The summed E-state index contributed by atoms with van der Waals surface area (Å²) in [6, 6.07) is 5.79. The van der Waals surface area contributed by atoms with E-state index < -0.39 is 11.7 Å². The molecular weight excluding hydrogens is 277 g/mol. The molecule has 1 fully saturated rings. The molecule has 0 amide bonds. The third-order valence-electron chi connectivity index (χ3n) is 4.05. The molecule has 1 aliphatic rings. The van der Waals surface area contributed by atoms with Gasteiger partial charge in [-0.3, -0.25) is 0 Å². The summed E-state index contributed by atoms with van der Waals surface area (Å²) in [5.74, 6) is 0.427. The van der Waals surface area contributed by atoms with Crippen molar-refractivity contribution >= 4 is 5.69 Å². The van der Waals surface area contributed by atoms with Crippen molar-refractivity contribution in [1.29, 1.82) is 0 Å². The zero-order chi connectivity index (χ0) is 15.8. The summed E-state index contributed by atoms with van der Waals surface area (Å²) in [5.41, 5.74) is 0.215. The Bertz CT molecular complexity index is 477. The Morgan fingerprint density at radius 1 is 1.19 bits per heavy atom. The van der Waals surface area contributed by atoms with Gasteiger partial charge in [-0.15, -0.1) is 0 Å². The van der Waals surface area contributed by atoms with Gasteiger partial charge in [0.05, 0.1) is 5.56 Å². The standard InChI is InChI=1S/C16H23F3N2/c1-11(2)14-9-20-15(3,4)10-21(14)13-7-5-12(6-8-13)16(17,18)19/h5-8,11,14,20H,9-10H2,1-4H3. The number of alkyl halides is 3. The summed E-state index contributed by atoms with van der Waals surface area (Å²) in [5, 5.41) is 3.50. The molecule has 2 nitrogen and oxygen atoms in total. The molecule has 0 aromatic heterocycles. The van der Waals surface area contributed by atoms with E-state index in [-0.39, 0.29) is 11.6 Å². The van der Waals surface area contributed by atoms with Crippen LogP contribution >= 0.6 is 0 Å². The first-order valence-corrected chi connectivity index (χ1v) is 7.29. The summed E-state index contributed by atoms with van der Waals surface area (Å²) in [7, 11) is 0. The van der Waals surface area contributed by atoms with Gasteiger partial charge in [0.2, 0.25) is 0 Å². The predicted octanol–water partition coefficient (Wildman–Crippen LogP) is 3.92. The summed E-state index contributed by atoms with van der Waals surface area (Å²) < 4.78 is 38.0. The number of hydrogen-bond donors (Lipinski definition) is 1. The number of halogens is 3. The zero-order valence-electron chi connectivity index (χ0n) is 13.0. The minimum Gasteiger partial charge on any atom is -0.365 e. The molecule has 1 unspecified atom stereocenters. The maximum atomic E-state index is 12.7. The number of benzene rings is 1. The fourth-order valence-electron chi connectivity index (χ4n) is 2.81. The smallest absolute Gasteiger partial charge is 0.365 e. The molecule has 2 rings (SSSR count). The number of piperazine rings is 1. The van der Waals surface area contributed by atoms with Crippen molar-refractivity contribution < 1.29 is 13.2 Å². The highest BCUT2D eigenvalue weighted by atomic mass is 19.4. The average Bonchev–Trinajstić information content (AvgIpc) is 2.36. The molecule has 0 spiro atoms. The van der Waals surface area contributed by atoms with Crippen molar-refractivity contribution in [3.05, 3.63) is 29.8 Å². The maximum Gasteiger partial charge on any atom is 0.416 e. The van der Waals surface area contributed by atoms with Gasteiger partial charge in [0.1, 0.15) is 0 Å². The molecule has 1 aromatic rings. The number of anilines is 1. The Morgan fingerprint density at radius 2 is 1.76 bits per heavy atom. The molecular formula is C16H23F3N2. The van der Waals surface area contributed by atoms with E-state index in [1.54, 1.807) is 12.1 Å². The van der Waals surface area contributed by atoms with E-state index in [1.165, 1.54) is 12.1 Å². The maximum absolute atomic E-state index is 12.7. The largest absolute Gasteiger partial charge is 0.416 e. The second-order valence-electron chi connectivity index (χ2n) is 6.75. The van der Waals surface area contributed by atoms with Crippen molar-refractivity contribution in [3.8, 4) is 0 Å². The van der Waals surface area contributed by atoms with E-state index in [4.69, 9.17) is 0 Å². The molecule has 0 aliphatic carbocycles. The van der Waals surface area contributed by atoms with Crippen LogP contribution < -0.4 is 10.2 Å². The van der Waals surface area contributed by atoms with Crippen LogP contribution in [0.15, 0.2) is 24.3 Å². The molecule has 0 bridgehead atoms. The van der Waals surface area contributed by atoms with Crippen LogP contribution in [0.25, 0.3) is 0 Å². The average molecular weight is 300 g/mol. The second kappa shape index (κ2) is 5.52. The Morgan fingerprint density at radius 3 is 2.24 bits per heavy atom. The molecule has 118 valence electrons. The van der Waals surface area contributed by atoms with E-state index >= 15 is 0 Å². The van der Waals surface area contributed by atoms with Crippen LogP contribution in [0.3, 0.4) is 0 Å². The van der Waals surface area contributed by atoms with Crippen molar-refractivity contribution in [2.75, 3.05) is 18.0 Å². The first-order valence-electron chi connectivity index (χ1n) is 7.29. The van der Waals surface area contributed by atoms with Crippen LogP contribution in [0, 0.1) is 5.92 Å². The summed E-state index contributed by atoms with van der Waals surface area (Å²) in [6.07, 6.45) is -4.28. The van der Waals surface area contributed by atoms with Gasteiger partial charge >= 0.3 is 6.18 Å². The normalized spacial score (nSPS) is 22.7. The number of hydrogen-bond acceptors (Lipinski definition) is 2. The van der Waals surface area contributed by atoms with E-state index in [1.807, 2.05) is 0 Å². The Kier molecular flexibility index (Phi) is 4.24. The molecule has 1 N–H and O–H groups in total. The van der Waals surface area contributed by atoms with E-state index in [0.29, 0.717) is 5.92 Å². The summed E-state index contributed by atoms with van der Waals surface area (Å²) >= 11 is 0. The summed E-state index contributed by atoms with van der Waals surface area (Å²) in [4.78, 5) is 2.22. The molecule has 1 saturated heterocycles. The van der Waals surface area contributed by atoms with Gasteiger partial charge in [0.25, 0.3) is 0 Å². The van der Waals surface area contributed by atoms with Gasteiger partial charge in [-0.2, -0.15) is 13.2 Å². The molecule has 21 heavy (non-hydrogen) atoms. The molecule has 1 heterocycles. The third-order valence-corrected chi connectivity index (χ3v) is 4.05. The van der Waals surface area contributed by atoms with Gasteiger partial charge in [-0.05, 0) is 44.0 Å². The van der Waals surface area contributed by atoms with Crippen molar-refractivity contribution in [2.45, 2.75) is 45.5 Å². The highest BCUT2D eigenvalue weighted by Gasteiger charge is 2.35. The van der Waals surface area contributed by atoms with Gasteiger partial charge in [-0.1, -0.05) is 13.8 Å². The van der Waals surface area contributed by atoms with Gasteiger partial charge in [0, 0.05) is 30.4 Å². The predicted molar refractivity (Wildman–Crippen MR) is 79.5 cm³/mol. The van der Waals surface area contributed by atoms with E-state index in [9.17, 15) is 13.2 Å². The highest BCUT2D eigenvalue weighted by molar-refractivity contribution is 5.50. The van der Waals surface area contributed by atoms with Gasteiger partial charge in [0.15, 0.2) is 0 Å². The Labute approximate surface area is 124 Å². The molecule has 1 atom stereocenters. The lowest BCUT2D eigenvalue weighted by molar-refractivity contribution is -0.137. The fourth-order valence-corrected chi connectivity index (χ4v) is 2.81. The monoisotopic (exact) mass is 300 g/mol. The first kappa shape index (κ1) is 16.1. The quantitative estimate of drug-likeness (QED) is 0.890. The van der Waals surface area contributed by atoms with E-state index in [0.717, 1.165) is 18.8 Å². The summed E-state index contributed by atoms with van der Waals surface area (Å²) in [6.45, 7) is 10.1. The van der Waals surface area contributed by atoms with Crippen molar-refractivity contribution in [3.63, 3.8) is 0 Å². The highest BCUT2D eigenvalue weighted by Crippen LogP contribution is 2.32. The Balaban J connectivity index is 2.28. The lowest BCUT2D eigenvalue weighted by Gasteiger charge is -2.47. The lowest BCUT2D eigenvalue weighted by Crippen LogP contribution is -2.63. The van der Waals surface area contributed by atoms with Crippen LogP contribution in [0.4, 0.5) is 18.9 Å². The number of nitrogens with one attached hydrogen (secondary N) is 1. The van der Waals surface area contributed by atoms with Crippen LogP contribution in [0.1, 0.15) is 33.3 Å². The van der Waals surface area contributed by atoms with Gasteiger partial charge < -0.3 is 10.2 Å². The van der Waals surface area contributed by atoms with Crippen LogP contribution in [0.2, 0.25) is 0 Å². The molecule has 5 heteroatoms. The molecule has 0 saturated carbocycles. The first-order chi connectivity index (χ1) is 9.60. The Hall–Kier alpha value is -1.23. The SMILES string of the molecule is CC(C)C1CNC(C)(C)CN1c1ccc(C(F)(F)F)cc1. The molecule has 0 radical (unpaired) electrons. The zero-order valence-corrected chi connectivity index (χ0v) is 13.0. The van der Waals surface area contributed by atoms with Gasteiger partial charge in [-0.25, -0.2) is 0 Å². The van der Waals surface area contributed by atoms with Crippen LogP contribution in [0.5, 0.6) is 0 Å². The van der Waals surface area contributed by atoms with Crippen molar-refractivity contribution in [1.82, 2.24) is 5.32 Å². The minimum atomic E-state index is -4.28. The number of nitrogens with zero attached hydrogens (tertiary/aromatic N) is 1. The lowest BCUT2D eigenvalue weighted by atomic mass is 9.92. The van der Waals surface area contributed by atoms with E-state index in [2.05, 4.69) is 37.9 Å². The van der Waals surface area contributed by atoms with Crippen LogP contribution in [-0.2, 0) is 6.18 Å². The minimum absolute atomic E-state index is 0.0475. The second-order valence-corrected chi connectivity index (χ2v) is 6.75. The van der Waals surface area contributed by atoms with Crippen LogP contribution in [-0.4, -0.2) is 24.7 Å². The number of rotatable bonds is 2. The molecule has 1 aromatic carbocycles. The topological polar surface area (TPSA) is 15.3 Å². The third kappa shape index (κ3) is 3.70. The fraction of sp³-hybridized carbons (Fsp3) is 0.625. The molecule has 1 aliphatic heterocycles. The van der Waals surface area contributed by atoms with Crippen molar-refractivity contribution in [2.24, 2.45) is 5.92 Å².